The molecule has 0 saturated heterocycles. The molecule has 1 saturated carbocycles. The largest absolute Gasteiger partial charge is 0.469 e. The van der Waals surface area contributed by atoms with Crippen molar-refractivity contribution in [1.82, 2.24) is 0 Å². The minimum Gasteiger partial charge on any atom is -0.469 e. The summed E-state index contributed by atoms with van der Waals surface area (Å²) in [5, 5.41) is 0. The molecule has 4 nitrogen and oxygen atoms in total. The van der Waals surface area contributed by atoms with E-state index in [9.17, 15) is 9.59 Å². The van der Waals surface area contributed by atoms with Crippen LogP contribution in [0.5, 0.6) is 0 Å². The highest BCUT2D eigenvalue weighted by atomic mass is 16.5. The van der Waals surface area contributed by atoms with E-state index in [-0.39, 0.29) is 11.9 Å². The molecule has 1 fully saturated rings. The average Bonchev–Trinajstić information content (AvgIpc) is 2.19. The van der Waals surface area contributed by atoms with Crippen LogP contribution >= 0.6 is 0 Å². The second kappa shape index (κ2) is 4.98. The van der Waals surface area contributed by atoms with Gasteiger partial charge >= 0.3 is 11.9 Å². The summed E-state index contributed by atoms with van der Waals surface area (Å²) in [5.74, 6) is 0.234. The zero-order valence-corrected chi connectivity index (χ0v) is 8.62. The third-order valence-electron chi connectivity index (χ3n) is 2.89. The molecule has 1 rings (SSSR count). The van der Waals surface area contributed by atoms with Crippen molar-refractivity contribution >= 4 is 11.9 Å². The lowest BCUT2D eigenvalue weighted by Crippen LogP contribution is -2.30. The van der Waals surface area contributed by atoms with Gasteiger partial charge in [-0.05, 0) is 24.7 Å². The average molecular weight is 200 g/mol. The van der Waals surface area contributed by atoms with Crippen LogP contribution in [-0.4, -0.2) is 26.2 Å². The topological polar surface area (TPSA) is 52.6 Å². The van der Waals surface area contributed by atoms with E-state index in [0.717, 1.165) is 12.8 Å². The van der Waals surface area contributed by atoms with Crippen LogP contribution in [0.4, 0.5) is 0 Å². The Morgan fingerprint density at radius 3 is 1.57 bits per heavy atom. The van der Waals surface area contributed by atoms with Crippen LogP contribution in [0.25, 0.3) is 0 Å². The Hall–Kier alpha value is -1.06. The van der Waals surface area contributed by atoms with Gasteiger partial charge in [-0.15, -0.1) is 0 Å². The van der Waals surface area contributed by atoms with Gasteiger partial charge < -0.3 is 9.47 Å². The second-order valence-corrected chi connectivity index (χ2v) is 3.66. The van der Waals surface area contributed by atoms with E-state index >= 15 is 0 Å². The Morgan fingerprint density at radius 2 is 1.36 bits per heavy atom. The van der Waals surface area contributed by atoms with Gasteiger partial charge in [-0.25, -0.2) is 0 Å². The van der Waals surface area contributed by atoms with E-state index in [2.05, 4.69) is 9.47 Å². The quantitative estimate of drug-likeness (QED) is 0.638. The van der Waals surface area contributed by atoms with E-state index in [1.807, 2.05) is 0 Å². The first-order valence-corrected chi connectivity index (χ1v) is 4.81. The van der Waals surface area contributed by atoms with E-state index in [1.165, 1.54) is 14.2 Å². The zero-order chi connectivity index (χ0) is 10.6. The summed E-state index contributed by atoms with van der Waals surface area (Å²) in [6, 6.07) is 0. The molecule has 0 radical (unpaired) electrons. The lowest BCUT2D eigenvalue weighted by atomic mass is 9.70. The van der Waals surface area contributed by atoms with Crippen molar-refractivity contribution in [3.05, 3.63) is 0 Å². The monoisotopic (exact) mass is 200 g/mol. The van der Waals surface area contributed by atoms with Crippen LogP contribution in [0.3, 0.4) is 0 Å². The maximum Gasteiger partial charge on any atom is 0.305 e. The Balaban J connectivity index is 2.28. The molecular weight excluding hydrogens is 184 g/mol. The molecule has 4 heteroatoms. The number of esters is 2. The predicted molar refractivity (Wildman–Crippen MR) is 49.5 cm³/mol. The molecule has 0 aliphatic heterocycles. The van der Waals surface area contributed by atoms with Gasteiger partial charge in [-0.2, -0.15) is 0 Å². The van der Waals surface area contributed by atoms with Crippen LogP contribution in [0.2, 0.25) is 0 Å². The van der Waals surface area contributed by atoms with Crippen LogP contribution in [0.1, 0.15) is 25.7 Å². The van der Waals surface area contributed by atoms with Gasteiger partial charge in [0.25, 0.3) is 0 Å². The highest BCUT2D eigenvalue weighted by molar-refractivity contribution is 5.71. The molecule has 14 heavy (non-hydrogen) atoms. The Morgan fingerprint density at radius 1 is 1.00 bits per heavy atom. The summed E-state index contributed by atoms with van der Waals surface area (Å²) in [6.45, 7) is 0. The molecule has 2 unspecified atom stereocenters. The minimum absolute atomic E-state index is 0.190. The Kier molecular flexibility index (Phi) is 3.92. The van der Waals surface area contributed by atoms with Gasteiger partial charge in [0, 0.05) is 12.8 Å². The van der Waals surface area contributed by atoms with Gasteiger partial charge in [0.1, 0.15) is 0 Å². The van der Waals surface area contributed by atoms with Crippen molar-refractivity contribution in [1.29, 1.82) is 0 Å². The first-order valence-electron chi connectivity index (χ1n) is 4.81. The summed E-state index contributed by atoms with van der Waals surface area (Å²) < 4.78 is 9.16. The lowest BCUT2D eigenvalue weighted by Gasteiger charge is -2.35. The first kappa shape index (κ1) is 11.0. The van der Waals surface area contributed by atoms with Gasteiger partial charge in [0.2, 0.25) is 0 Å². The molecule has 0 spiro atoms. The molecule has 1 aliphatic rings. The van der Waals surface area contributed by atoms with Crippen molar-refractivity contribution in [3.63, 3.8) is 0 Å². The van der Waals surface area contributed by atoms with Gasteiger partial charge in [-0.1, -0.05) is 0 Å². The molecule has 0 aromatic heterocycles. The highest BCUT2D eigenvalue weighted by Gasteiger charge is 2.34. The number of rotatable bonds is 4. The zero-order valence-electron chi connectivity index (χ0n) is 8.62. The molecule has 80 valence electrons. The fourth-order valence-electron chi connectivity index (χ4n) is 1.77. The molecule has 0 heterocycles. The summed E-state index contributed by atoms with van der Waals surface area (Å²) in [7, 11) is 2.77. The predicted octanol–water partition coefficient (Wildman–Crippen LogP) is 1.14. The number of ether oxygens (including phenoxy) is 2. The summed E-state index contributed by atoms with van der Waals surface area (Å²) in [4.78, 5) is 22.0. The summed E-state index contributed by atoms with van der Waals surface area (Å²) >= 11 is 0. The number of carbonyl (C=O) groups is 2. The second-order valence-electron chi connectivity index (χ2n) is 3.66. The number of methoxy groups -OCH3 is 2. The smallest absolute Gasteiger partial charge is 0.305 e. The van der Waals surface area contributed by atoms with Gasteiger partial charge in [0.15, 0.2) is 0 Å². The molecule has 2 atom stereocenters. The normalized spacial score (nSPS) is 25.0. The van der Waals surface area contributed by atoms with Crippen molar-refractivity contribution in [2.24, 2.45) is 11.8 Å². The molecule has 0 aromatic rings. The fraction of sp³-hybridized carbons (Fsp3) is 0.800. The van der Waals surface area contributed by atoms with E-state index in [4.69, 9.17) is 0 Å². The van der Waals surface area contributed by atoms with Gasteiger partial charge in [-0.3, -0.25) is 9.59 Å². The first-order chi connectivity index (χ1) is 6.67. The highest BCUT2D eigenvalue weighted by Crippen LogP contribution is 2.39. The maximum atomic E-state index is 11.0. The van der Waals surface area contributed by atoms with Crippen molar-refractivity contribution in [3.8, 4) is 0 Å². The SMILES string of the molecule is COC(=O)CC1CCC1CC(=O)OC. The van der Waals surface area contributed by atoms with Crippen molar-refractivity contribution in [2.75, 3.05) is 14.2 Å². The standard InChI is InChI=1S/C10H16O4/c1-13-9(11)5-7-3-4-8(7)6-10(12)14-2/h7-8H,3-6H2,1-2H3. The molecule has 0 N–H and O–H groups in total. The van der Waals surface area contributed by atoms with E-state index in [0.29, 0.717) is 24.7 Å². The maximum absolute atomic E-state index is 11.0. The van der Waals surface area contributed by atoms with E-state index in [1.54, 1.807) is 0 Å². The molecule has 0 bridgehead atoms. The van der Waals surface area contributed by atoms with Crippen LogP contribution in [-0.2, 0) is 19.1 Å². The van der Waals surface area contributed by atoms with Crippen LogP contribution in [0.15, 0.2) is 0 Å². The van der Waals surface area contributed by atoms with Gasteiger partial charge in [0.05, 0.1) is 14.2 Å². The minimum atomic E-state index is -0.190. The third kappa shape index (κ3) is 2.72. The van der Waals surface area contributed by atoms with Crippen molar-refractivity contribution < 1.29 is 19.1 Å². The molecule has 1 aliphatic carbocycles. The Labute approximate surface area is 83.6 Å². The number of carbonyl (C=O) groups excluding carboxylic acids is 2. The number of hydrogen-bond donors (Lipinski definition) is 0. The number of hydrogen-bond acceptors (Lipinski definition) is 4. The molecule has 0 amide bonds. The van der Waals surface area contributed by atoms with Crippen LogP contribution in [0, 0.1) is 11.8 Å². The van der Waals surface area contributed by atoms with Crippen LogP contribution < -0.4 is 0 Å². The fourth-order valence-corrected chi connectivity index (χ4v) is 1.77. The van der Waals surface area contributed by atoms with Crippen molar-refractivity contribution in [2.45, 2.75) is 25.7 Å². The molecular formula is C10H16O4. The summed E-state index contributed by atoms with van der Waals surface area (Å²) in [5.41, 5.74) is 0. The molecule has 0 aromatic carbocycles. The van der Waals surface area contributed by atoms with E-state index < -0.39 is 0 Å². The lowest BCUT2D eigenvalue weighted by molar-refractivity contribution is -0.147. The third-order valence-corrected chi connectivity index (χ3v) is 2.89. The Bertz CT molecular complexity index is 200. The summed E-state index contributed by atoms with van der Waals surface area (Å²) in [6.07, 6.45) is 2.88.